The van der Waals surface area contributed by atoms with Gasteiger partial charge < -0.3 is 15.0 Å². The first-order chi connectivity index (χ1) is 12.7. The van der Waals surface area contributed by atoms with Crippen LogP contribution in [-0.4, -0.2) is 24.1 Å². The van der Waals surface area contributed by atoms with Crippen LogP contribution in [0.5, 0.6) is 0 Å². The van der Waals surface area contributed by atoms with Crippen molar-refractivity contribution in [2.24, 2.45) is 0 Å². The second-order valence-electron chi connectivity index (χ2n) is 6.53. The summed E-state index contributed by atoms with van der Waals surface area (Å²) in [5, 5.41) is 5.38. The zero-order valence-electron chi connectivity index (χ0n) is 14.6. The normalized spacial score (nSPS) is 17.7. The van der Waals surface area contributed by atoms with E-state index in [9.17, 15) is 4.79 Å². The Morgan fingerprint density at radius 1 is 1.27 bits per heavy atom. The van der Waals surface area contributed by atoms with Gasteiger partial charge >= 0.3 is 5.97 Å². The molecule has 1 aromatic heterocycles. The quantitative estimate of drug-likeness (QED) is 0.673. The maximum absolute atomic E-state index is 12.8. The molecule has 134 valence electrons. The first kappa shape index (κ1) is 17.1. The Balaban J connectivity index is 1.83. The molecule has 4 rings (SSSR count). The molecule has 0 amide bonds. The zero-order chi connectivity index (χ0) is 18.1. The molecule has 2 atom stereocenters. The molecule has 3 aromatic rings. The monoisotopic (exact) mass is 368 g/mol. The molecule has 0 saturated heterocycles. The minimum absolute atomic E-state index is 0.161. The third kappa shape index (κ3) is 3.00. The lowest BCUT2D eigenvalue weighted by Crippen LogP contribution is -2.37. The maximum Gasteiger partial charge on any atom is 0.315 e. The highest BCUT2D eigenvalue weighted by atomic mass is 35.5. The molecule has 5 heteroatoms. The number of benzene rings is 2. The van der Waals surface area contributed by atoms with E-state index < -0.39 is 5.92 Å². The lowest BCUT2D eigenvalue weighted by Gasteiger charge is -2.30. The van der Waals surface area contributed by atoms with Gasteiger partial charge in [0.1, 0.15) is 5.92 Å². The number of carbonyl (C=O) groups excluding carboxylic acids is 1. The Morgan fingerprint density at radius 2 is 2.08 bits per heavy atom. The number of H-pyrrole nitrogens is 1. The SMILES string of the molecule is CCOC(=O)C(c1ccccc1)C1NCCc2c1[nH]c1ccc(Cl)cc21. The number of esters is 1. The van der Waals surface area contributed by atoms with Crippen molar-refractivity contribution in [2.45, 2.75) is 25.3 Å². The number of rotatable bonds is 4. The van der Waals surface area contributed by atoms with Gasteiger partial charge in [0.05, 0.1) is 12.6 Å². The fraction of sp³-hybridized carbons (Fsp3) is 0.286. The van der Waals surface area contributed by atoms with Crippen LogP contribution in [0.15, 0.2) is 48.5 Å². The molecular weight excluding hydrogens is 348 g/mol. The molecule has 2 heterocycles. The minimum atomic E-state index is -0.404. The molecule has 4 nitrogen and oxygen atoms in total. The minimum Gasteiger partial charge on any atom is -0.465 e. The Kier molecular flexibility index (Phi) is 4.70. The van der Waals surface area contributed by atoms with Gasteiger partial charge in [0.2, 0.25) is 0 Å². The lowest BCUT2D eigenvalue weighted by atomic mass is 9.85. The van der Waals surface area contributed by atoms with Gasteiger partial charge in [-0.25, -0.2) is 0 Å². The highest BCUT2D eigenvalue weighted by molar-refractivity contribution is 6.31. The number of aromatic nitrogens is 1. The summed E-state index contributed by atoms with van der Waals surface area (Å²) in [6, 6.07) is 15.5. The highest BCUT2D eigenvalue weighted by Crippen LogP contribution is 2.39. The number of fused-ring (bicyclic) bond motifs is 3. The number of ether oxygens (including phenoxy) is 1. The average Bonchev–Trinajstić information content (AvgIpc) is 3.02. The van der Waals surface area contributed by atoms with Crippen molar-refractivity contribution >= 4 is 28.5 Å². The largest absolute Gasteiger partial charge is 0.465 e. The summed E-state index contributed by atoms with van der Waals surface area (Å²) in [4.78, 5) is 16.3. The van der Waals surface area contributed by atoms with Crippen molar-refractivity contribution in [1.82, 2.24) is 10.3 Å². The zero-order valence-corrected chi connectivity index (χ0v) is 15.3. The molecular formula is C21H21ClN2O2. The lowest BCUT2D eigenvalue weighted by molar-refractivity contribution is -0.145. The van der Waals surface area contributed by atoms with Crippen LogP contribution in [0.2, 0.25) is 5.02 Å². The number of hydrogen-bond donors (Lipinski definition) is 2. The van der Waals surface area contributed by atoms with E-state index in [0.717, 1.165) is 40.1 Å². The van der Waals surface area contributed by atoms with E-state index in [4.69, 9.17) is 16.3 Å². The molecule has 2 unspecified atom stereocenters. The van der Waals surface area contributed by atoms with Crippen molar-refractivity contribution in [2.75, 3.05) is 13.2 Å². The number of carbonyl (C=O) groups is 1. The molecule has 1 aliphatic rings. The predicted octanol–water partition coefficient (Wildman–Crippen LogP) is 4.36. The molecule has 0 radical (unpaired) electrons. The topological polar surface area (TPSA) is 54.1 Å². The molecule has 0 saturated carbocycles. The first-order valence-electron chi connectivity index (χ1n) is 8.94. The van der Waals surface area contributed by atoms with E-state index in [0.29, 0.717) is 6.61 Å². The van der Waals surface area contributed by atoms with Crippen LogP contribution in [0, 0.1) is 0 Å². The van der Waals surface area contributed by atoms with Crippen molar-refractivity contribution < 1.29 is 9.53 Å². The summed E-state index contributed by atoms with van der Waals surface area (Å²) in [5.74, 6) is -0.612. The summed E-state index contributed by atoms with van der Waals surface area (Å²) in [6.45, 7) is 3.01. The molecule has 26 heavy (non-hydrogen) atoms. The van der Waals surface area contributed by atoms with E-state index in [1.807, 2.05) is 55.5 Å². The van der Waals surface area contributed by atoms with Gasteiger partial charge in [0.15, 0.2) is 0 Å². The molecule has 2 N–H and O–H groups in total. The van der Waals surface area contributed by atoms with Crippen molar-refractivity contribution in [3.63, 3.8) is 0 Å². The van der Waals surface area contributed by atoms with Gasteiger partial charge in [-0.2, -0.15) is 0 Å². The van der Waals surface area contributed by atoms with E-state index in [1.165, 1.54) is 5.56 Å². The molecule has 0 spiro atoms. The smallest absolute Gasteiger partial charge is 0.315 e. The standard InChI is InChI=1S/C21H21ClN2O2/c1-2-26-21(25)18(13-6-4-3-5-7-13)20-19-15(10-11-23-20)16-12-14(22)8-9-17(16)24-19/h3-9,12,18,20,23-24H,2,10-11H2,1H3. The number of hydrogen-bond acceptors (Lipinski definition) is 3. The summed E-state index contributed by atoms with van der Waals surface area (Å²) in [7, 11) is 0. The van der Waals surface area contributed by atoms with Gasteiger partial charge in [-0.1, -0.05) is 41.9 Å². The Labute approximate surface area is 157 Å². The second kappa shape index (κ2) is 7.14. The average molecular weight is 369 g/mol. The fourth-order valence-corrected chi connectivity index (χ4v) is 4.04. The van der Waals surface area contributed by atoms with Crippen LogP contribution in [-0.2, 0) is 16.0 Å². The first-order valence-corrected chi connectivity index (χ1v) is 9.31. The van der Waals surface area contributed by atoms with E-state index in [-0.39, 0.29) is 12.0 Å². The maximum atomic E-state index is 12.8. The van der Waals surface area contributed by atoms with E-state index in [2.05, 4.69) is 10.3 Å². The van der Waals surface area contributed by atoms with Crippen LogP contribution in [0.3, 0.4) is 0 Å². The van der Waals surface area contributed by atoms with Crippen molar-refractivity contribution in [3.8, 4) is 0 Å². The van der Waals surface area contributed by atoms with Gasteiger partial charge in [-0.15, -0.1) is 0 Å². The van der Waals surface area contributed by atoms with Gasteiger partial charge in [-0.05, 0) is 49.2 Å². The van der Waals surface area contributed by atoms with Crippen molar-refractivity contribution in [1.29, 1.82) is 0 Å². The van der Waals surface area contributed by atoms with Crippen LogP contribution in [0.4, 0.5) is 0 Å². The summed E-state index contributed by atoms with van der Waals surface area (Å²) in [6.07, 6.45) is 0.899. The number of halogens is 1. The van der Waals surface area contributed by atoms with Gasteiger partial charge in [-0.3, -0.25) is 4.79 Å². The molecule has 0 fully saturated rings. The third-order valence-electron chi connectivity index (χ3n) is 4.98. The number of aromatic amines is 1. The molecule has 0 bridgehead atoms. The van der Waals surface area contributed by atoms with Gasteiger partial charge in [0, 0.05) is 21.6 Å². The van der Waals surface area contributed by atoms with E-state index >= 15 is 0 Å². The van der Waals surface area contributed by atoms with Crippen LogP contribution < -0.4 is 5.32 Å². The fourth-order valence-electron chi connectivity index (χ4n) is 3.87. The molecule has 0 aliphatic carbocycles. The summed E-state index contributed by atoms with van der Waals surface area (Å²) >= 11 is 6.20. The predicted molar refractivity (Wildman–Crippen MR) is 104 cm³/mol. The second-order valence-corrected chi connectivity index (χ2v) is 6.97. The Hall–Kier alpha value is -2.30. The highest BCUT2D eigenvalue weighted by Gasteiger charge is 2.36. The van der Waals surface area contributed by atoms with E-state index in [1.54, 1.807) is 0 Å². The van der Waals surface area contributed by atoms with Crippen molar-refractivity contribution in [3.05, 3.63) is 70.4 Å². The molecule has 2 aromatic carbocycles. The Bertz CT molecular complexity index is 936. The Morgan fingerprint density at radius 3 is 2.85 bits per heavy atom. The number of nitrogens with one attached hydrogen (secondary N) is 2. The van der Waals surface area contributed by atoms with Crippen LogP contribution in [0.1, 0.15) is 35.7 Å². The third-order valence-corrected chi connectivity index (χ3v) is 5.22. The van der Waals surface area contributed by atoms with Crippen LogP contribution >= 0.6 is 11.6 Å². The molecule has 1 aliphatic heterocycles. The van der Waals surface area contributed by atoms with Crippen LogP contribution in [0.25, 0.3) is 10.9 Å². The van der Waals surface area contributed by atoms with Gasteiger partial charge in [0.25, 0.3) is 0 Å². The summed E-state index contributed by atoms with van der Waals surface area (Å²) < 4.78 is 5.41. The summed E-state index contributed by atoms with van der Waals surface area (Å²) in [5.41, 5.74) is 4.28.